The molecule has 0 saturated heterocycles. The van der Waals surface area contributed by atoms with Crippen LogP contribution in [0, 0.1) is 6.92 Å². The van der Waals surface area contributed by atoms with Gasteiger partial charge in [0.1, 0.15) is 0 Å². The minimum absolute atomic E-state index is 0.0343. The molecular formula is C32H34N2O3. The topological polar surface area (TPSA) is 58.6 Å². The quantitative estimate of drug-likeness (QED) is 0.397. The number of anilines is 1. The maximum atomic E-state index is 13.5. The maximum Gasteiger partial charge on any atom is 0.294 e. The molecule has 190 valence electrons. The third kappa shape index (κ3) is 6.11. The van der Waals surface area contributed by atoms with Gasteiger partial charge in [-0.15, -0.1) is 0 Å². The summed E-state index contributed by atoms with van der Waals surface area (Å²) in [6.45, 7) is 2.50. The number of rotatable bonds is 5. The average Bonchev–Trinajstić information content (AvgIpc) is 2.89. The predicted molar refractivity (Wildman–Crippen MR) is 147 cm³/mol. The molecule has 3 aromatic carbocycles. The molecule has 0 spiro atoms. The van der Waals surface area contributed by atoms with Gasteiger partial charge in [-0.25, -0.2) is 0 Å². The summed E-state index contributed by atoms with van der Waals surface area (Å²) in [7, 11) is 0. The molecule has 5 rings (SSSR count). The molecule has 1 N–H and O–H groups in total. The first kappa shape index (κ1) is 24.8. The second-order valence-corrected chi connectivity index (χ2v) is 10.1. The highest BCUT2D eigenvalue weighted by molar-refractivity contribution is 6.09. The van der Waals surface area contributed by atoms with Crippen molar-refractivity contribution in [2.75, 3.05) is 4.90 Å². The number of amides is 2. The minimum atomic E-state index is -0.189. The Labute approximate surface area is 219 Å². The number of carbonyl (C=O) groups is 2. The number of para-hydroxylation sites is 2. The Morgan fingerprint density at radius 3 is 2.32 bits per heavy atom. The number of ether oxygens (including phenoxy) is 1. The minimum Gasteiger partial charge on any atom is -0.449 e. The number of nitrogens with one attached hydrogen (secondary N) is 1. The zero-order valence-electron chi connectivity index (χ0n) is 21.4. The third-order valence-corrected chi connectivity index (χ3v) is 7.20. The maximum absolute atomic E-state index is 13.5. The first-order chi connectivity index (χ1) is 18.1. The van der Waals surface area contributed by atoms with Crippen molar-refractivity contribution in [2.24, 2.45) is 0 Å². The molecule has 0 aromatic heterocycles. The van der Waals surface area contributed by atoms with Crippen LogP contribution in [0.15, 0.2) is 78.6 Å². The summed E-state index contributed by atoms with van der Waals surface area (Å²) in [5.41, 5.74) is 4.42. The first-order valence-corrected chi connectivity index (χ1v) is 13.3. The van der Waals surface area contributed by atoms with Crippen molar-refractivity contribution in [3.63, 3.8) is 0 Å². The van der Waals surface area contributed by atoms with Gasteiger partial charge in [-0.2, -0.15) is 0 Å². The van der Waals surface area contributed by atoms with Gasteiger partial charge in [0.05, 0.1) is 12.2 Å². The number of nitrogens with zero attached hydrogens (tertiary/aromatic N) is 1. The molecule has 1 saturated carbocycles. The number of benzene rings is 3. The predicted octanol–water partition coefficient (Wildman–Crippen LogP) is 6.80. The summed E-state index contributed by atoms with van der Waals surface area (Å²) < 4.78 is 6.03. The lowest BCUT2D eigenvalue weighted by Crippen LogP contribution is -2.36. The highest BCUT2D eigenvalue weighted by atomic mass is 16.5. The normalized spacial score (nSPS) is 17.5. The summed E-state index contributed by atoms with van der Waals surface area (Å²) in [5, 5.41) is 3.21. The van der Waals surface area contributed by atoms with E-state index in [4.69, 9.17) is 4.74 Å². The molecule has 0 atom stereocenters. The first-order valence-electron chi connectivity index (χ1n) is 13.3. The molecule has 1 aliphatic carbocycles. The van der Waals surface area contributed by atoms with Crippen molar-refractivity contribution in [3.05, 3.63) is 101 Å². The standard InChI is InChI=1S/C32H34N2O3/c1-23-13-15-25(16-14-23)22-34-28-11-7-8-12-29(28)37-30(32(34)36)21-24-17-19-26(20-18-24)31(35)33-27-9-5-3-2-4-6-10-27/h7-8,11-21,27H,2-6,9-10,22H2,1H3,(H,33,35). The van der Waals surface area contributed by atoms with Crippen LogP contribution in [0.4, 0.5) is 5.69 Å². The van der Waals surface area contributed by atoms with Crippen LogP contribution in [-0.2, 0) is 11.3 Å². The van der Waals surface area contributed by atoms with Gasteiger partial charge >= 0.3 is 0 Å². The fourth-order valence-electron chi connectivity index (χ4n) is 5.05. The Morgan fingerprint density at radius 2 is 1.59 bits per heavy atom. The molecule has 37 heavy (non-hydrogen) atoms. The third-order valence-electron chi connectivity index (χ3n) is 7.20. The van der Waals surface area contributed by atoms with E-state index >= 15 is 0 Å². The Bertz CT molecular complexity index is 1270. The van der Waals surface area contributed by atoms with Crippen molar-refractivity contribution >= 4 is 23.6 Å². The van der Waals surface area contributed by atoms with Gasteiger partial charge in [-0.05, 0) is 61.2 Å². The van der Waals surface area contributed by atoms with E-state index in [0.717, 1.165) is 29.7 Å². The van der Waals surface area contributed by atoms with Crippen molar-refractivity contribution in [3.8, 4) is 5.75 Å². The van der Waals surface area contributed by atoms with Crippen molar-refractivity contribution in [2.45, 2.75) is 64.5 Å². The number of hydrogen-bond donors (Lipinski definition) is 1. The van der Waals surface area contributed by atoms with E-state index in [1.54, 1.807) is 11.0 Å². The Balaban J connectivity index is 1.32. The van der Waals surface area contributed by atoms with Crippen molar-refractivity contribution in [1.82, 2.24) is 5.32 Å². The lowest BCUT2D eigenvalue weighted by atomic mass is 9.96. The van der Waals surface area contributed by atoms with Gasteiger partial charge < -0.3 is 10.1 Å². The average molecular weight is 495 g/mol. The van der Waals surface area contributed by atoms with E-state index in [1.165, 1.54) is 37.7 Å². The molecule has 2 aliphatic rings. The largest absolute Gasteiger partial charge is 0.449 e. The van der Waals surface area contributed by atoms with Gasteiger partial charge in [0.25, 0.3) is 11.8 Å². The van der Waals surface area contributed by atoms with Gasteiger partial charge in [0, 0.05) is 11.6 Å². The number of hydrogen-bond acceptors (Lipinski definition) is 3. The highest BCUT2D eigenvalue weighted by Gasteiger charge is 2.30. The zero-order chi connectivity index (χ0) is 25.6. The smallest absolute Gasteiger partial charge is 0.294 e. The zero-order valence-corrected chi connectivity index (χ0v) is 21.4. The van der Waals surface area contributed by atoms with E-state index in [1.807, 2.05) is 67.6 Å². The molecule has 0 bridgehead atoms. The Morgan fingerprint density at radius 1 is 0.919 bits per heavy atom. The summed E-state index contributed by atoms with van der Waals surface area (Å²) in [6.07, 6.45) is 10.0. The van der Waals surface area contributed by atoms with E-state index < -0.39 is 0 Å². The molecule has 5 heteroatoms. The number of carbonyl (C=O) groups excluding carboxylic acids is 2. The molecule has 1 fully saturated rings. The number of fused-ring (bicyclic) bond motifs is 1. The van der Waals surface area contributed by atoms with Crippen molar-refractivity contribution < 1.29 is 14.3 Å². The lowest BCUT2D eigenvalue weighted by Gasteiger charge is -2.30. The summed E-state index contributed by atoms with van der Waals surface area (Å²) >= 11 is 0. The van der Waals surface area contributed by atoms with Crippen LogP contribution in [0.3, 0.4) is 0 Å². The Hall–Kier alpha value is -3.86. The van der Waals surface area contributed by atoms with Crippen LogP contribution < -0.4 is 15.0 Å². The molecule has 2 amide bonds. The molecule has 5 nitrogen and oxygen atoms in total. The van der Waals surface area contributed by atoms with Gasteiger partial charge in [0.2, 0.25) is 0 Å². The second-order valence-electron chi connectivity index (χ2n) is 10.1. The molecule has 1 heterocycles. The fourth-order valence-corrected chi connectivity index (χ4v) is 5.05. The van der Waals surface area contributed by atoms with E-state index in [2.05, 4.69) is 17.4 Å². The monoisotopic (exact) mass is 494 g/mol. The summed E-state index contributed by atoms with van der Waals surface area (Å²) in [4.78, 5) is 28.1. The van der Waals surface area contributed by atoms with Gasteiger partial charge in [0.15, 0.2) is 11.5 Å². The van der Waals surface area contributed by atoms with Crippen LogP contribution in [0.5, 0.6) is 5.75 Å². The molecule has 3 aromatic rings. The van der Waals surface area contributed by atoms with Gasteiger partial charge in [-0.1, -0.05) is 86.2 Å². The fraction of sp³-hybridized carbons (Fsp3) is 0.312. The van der Waals surface area contributed by atoms with Crippen LogP contribution >= 0.6 is 0 Å². The second kappa shape index (κ2) is 11.5. The van der Waals surface area contributed by atoms with Crippen molar-refractivity contribution in [1.29, 1.82) is 0 Å². The van der Waals surface area contributed by atoms with Crippen LogP contribution in [0.2, 0.25) is 0 Å². The van der Waals surface area contributed by atoms with E-state index in [0.29, 0.717) is 17.9 Å². The SMILES string of the molecule is Cc1ccc(CN2C(=O)C(=Cc3ccc(C(=O)NC4CCCCCCC4)cc3)Oc3ccccc32)cc1. The lowest BCUT2D eigenvalue weighted by molar-refractivity contribution is -0.117. The van der Waals surface area contributed by atoms with Gasteiger partial charge in [-0.3, -0.25) is 14.5 Å². The number of aryl methyl sites for hydroxylation is 1. The molecule has 0 radical (unpaired) electrons. The molecule has 0 unspecified atom stereocenters. The van der Waals surface area contributed by atoms with Crippen LogP contribution in [0.25, 0.3) is 6.08 Å². The van der Waals surface area contributed by atoms with Crippen LogP contribution in [0.1, 0.15) is 72.0 Å². The molecular weight excluding hydrogens is 460 g/mol. The summed E-state index contributed by atoms with van der Waals surface area (Å²) in [6, 6.07) is 23.4. The Kier molecular flexibility index (Phi) is 7.69. The summed E-state index contributed by atoms with van der Waals surface area (Å²) in [5.74, 6) is 0.687. The van der Waals surface area contributed by atoms with E-state index in [9.17, 15) is 9.59 Å². The molecule has 1 aliphatic heterocycles. The van der Waals surface area contributed by atoms with E-state index in [-0.39, 0.29) is 23.6 Å². The van der Waals surface area contributed by atoms with Crippen LogP contribution in [-0.4, -0.2) is 17.9 Å². The highest BCUT2D eigenvalue weighted by Crippen LogP contribution is 2.36.